The molecule has 0 aromatic carbocycles. The largest absolute Gasteiger partial charge is 0.381 e. The molecule has 0 unspecified atom stereocenters. The van der Waals surface area contributed by atoms with Gasteiger partial charge in [-0.05, 0) is 26.7 Å². The first-order valence-electron chi connectivity index (χ1n) is 16.6. The Labute approximate surface area is 245 Å². The van der Waals surface area contributed by atoms with Crippen LogP contribution in [0.1, 0.15) is 105 Å². The molecule has 0 atom stereocenters. The van der Waals surface area contributed by atoms with Crippen LogP contribution in [0.15, 0.2) is 0 Å². The highest BCUT2D eigenvalue weighted by Gasteiger charge is 2.33. The van der Waals surface area contributed by atoms with Crippen LogP contribution in [0.2, 0.25) is 0 Å². The van der Waals surface area contributed by atoms with Crippen molar-refractivity contribution in [2.24, 2.45) is 5.41 Å². The van der Waals surface area contributed by atoms with Crippen molar-refractivity contribution in [3.8, 4) is 0 Å². The first-order chi connectivity index (χ1) is 18.7. The van der Waals surface area contributed by atoms with Crippen LogP contribution < -0.4 is 0 Å². The number of quaternary nitrogens is 2. The second-order valence-corrected chi connectivity index (χ2v) is 13.2. The molecule has 0 bridgehead atoms. The monoisotopic (exact) mass is 561 g/mol. The van der Waals surface area contributed by atoms with Gasteiger partial charge in [0, 0.05) is 13.2 Å². The van der Waals surface area contributed by atoms with Crippen molar-refractivity contribution >= 4 is 0 Å². The molecular weight excluding hydrogens is 488 g/mol. The lowest BCUT2D eigenvalue weighted by Crippen LogP contribution is -2.46. The molecule has 0 aliphatic carbocycles. The number of ether oxygens (including phenoxy) is 4. The fraction of sp³-hybridized carbons (Fsp3) is 1.00. The molecule has 0 N–H and O–H groups in total. The van der Waals surface area contributed by atoms with Gasteiger partial charge in [-0.25, -0.2) is 0 Å². The van der Waals surface area contributed by atoms with E-state index in [4.69, 9.17) is 18.9 Å². The minimum Gasteiger partial charge on any atom is -0.381 e. The van der Waals surface area contributed by atoms with Gasteiger partial charge in [0.15, 0.2) is 0 Å². The zero-order chi connectivity index (χ0) is 29.3. The highest BCUT2D eigenvalue weighted by Crippen LogP contribution is 2.22. The second kappa shape index (κ2) is 24.4. The smallest absolute Gasteiger partial charge is 0.102 e. The first kappa shape index (κ1) is 38.8. The van der Waals surface area contributed by atoms with E-state index in [0.29, 0.717) is 26.4 Å². The number of likely N-dealkylation sites (N-methyl/N-ethyl adjacent to an activating group) is 2. The zero-order valence-corrected chi connectivity index (χ0v) is 28.0. The van der Waals surface area contributed by atoms with Crippen molar-refractivity contribution in [3.05, 3.63) is 0 Å². The van der Waals surface area contributed by atoms with Crippen molar-refractivity contribution in [2.75, 3.05) is 107 Å². The fourth-order valence-electron chi connectivity index (χ4n) is 4.31. The summed E-state index contributed by atoms with van der Waals surface area (Å²) < 4.78 is 27.3. The number of hydrogen-bond acceptors (Lipinski definition) is 4. The minimum atomic E-state index is -0.267. The molecule has 0 radical (unpaired) electrons. The van der Waals surface area contributed by atoms with Gasteiger partial charge in [0.25, 0.3) is 0 Å². The molecule has 0 amide bonds. The van der Waals surface area contributed by atoms with Crippen LogP contribution in [0.3, 0.4) is 0 Å². The topological polar surface area (TPSA) is 36.9 Å². The summed E-state index contributed by atoms with van der Waals surface area (Å²) in [7, 11) is 9.06. The van der Waals surface area contributed by atoms with Crippen LogP contribution in [-0.4, -0.2) is 116 Å². The Morgan fingerprint density at radius 3 is 1.05 bits per heavy atom. The van der Waals surface area contributed by atoms with Gasteiger partial charge < -0.3 is 27.9 Å². The van der Waals surface area contributed by atoms with E-state index >= 15 is 0 Å². The quantitative estimate of drug-likeness (QED) is 0.0703. The standard InChI is InChI=1S/C33H72N2O4/c1-9-13-15-17-19-21-25-36-29-33(31-38-27-23-34(5,6)11-3,32-39-28-24-35(7,8)12-4)30-37-26-22-20-18-16-14-10-2/h9-32H2,1-8H3/q+2. The molecule has 0 aliphatic rings. The van der Waals surface area contributed by atoms with Crippen molar-refractivity contribution in [3.63, 3.8) is 0 Å². The SMILES string of the molecule is CCCCCCCCOCC(COCCCCCCCC)(COCC[N+](C)(C)CC)COCC[N+](C)(C)CC. The van der Waals surface area contributed by atoms with Crippen LogP contribution in [0.25, 0.3) is 0 Å². The summed E-state index contributed by atoms with van der Waals surface area (Å²) >= 11 is 0. The van der Waals surface area contributed by atoms with Gasteiger partial charge in [-0.15, -0.1) is 0 Å². The highest BCUT2D eigenvalue weighted by atomic mass is 16.5. The highest BCUT2D eigenvalue weighted by molar-refractivity contribution is 4.79. The molecule has 0 aliphatic heterocycles. The third-order valence-corrected chi connectivity index (χ3v) is 8.31. The summed E-state index contributed by atoms with van der Waals surface area (Å²) in [5.74, 6) is 0. The molecule has 0 fully saturated rings. The van der Waals surface area contributed by atoms with E-state index in [0.717, 1.165) is 74.4 Å². The maximum absolute atomic E-state index is 6.34. The van der Waals surface area contributed by atoms with Crippen molar-refractivity contribution in [1.29, 1.82) is 0 Å². The summed E-state index contributed by atoms with van der Waals surface area (Å²) in [6.07, 6.45) is 15.3. The van der Waals surface area contributed by atoms with Gasteiger partial charge in [0.1, 0.15) is 13.1 Å². The lowest BCUT2D eigenvalue weighted by Gasteiger charge is -2.35. The summed E-state index contributed by atoms with van der Waals surface area (Å²) in [5.41, 5.74) is -0.267. The molecule has 0 aromatic heterocycles. The molecule has 0 spiro atoms. The molecule has 236 valence electrons. The molecule has 0 saturated carbocycles. The average Bonchev–Trinajstić information content (AvgIpc) is 2.92. The molecule has 6 nitrogen and oxygen atoms in total. The van der Waals surface area contributed by atoms with Crippen LogP contribution >= 0.6 is 0 Å². The number of rotatable bonds is 30. The molecule has 0 saturated heterocycles. The van der Waals surface area contributed by atoms with Gasteiger partial charge in [-0.2, -0.15) is 0 Å². The number of nitrogens with zero attached hydrogens (tertiary/aromatic N) is 2. The number of hydrogen-bond donors (Lipinski definition) is 0. The van der Waals surface area contributed by atoms with Gasteiger partial charge in [0.2, 0.25) is 0 Å². The summed E-state index contributed by atoms with van der Waals surface area (Å²) in [6.45, 7) is 18.9. The summed E-state index contributed by atoms with van der Waals surface area (Å²) in [6, 6.07) is 0. The van der Waals surface area contributed by atoms with E-state index in [1.165, 1.54) is 64.2 Å². The molecule has 0 rings (SSSR count). The Kier molecular flexibility index (Phi) is 24.2. The van der Waals surface area contributed by atoms with Crippen LogP contribution in [0.5, 0.6) is 0 Å². The summed E-state index contributed by atoms with van der Waals surface area (Å²) in [5, 5.41) is 0. The van der Waals surface area contributed by atoms with E-state index in [1.807, 2.05) is 0 Å². The van der Waals surface area contributed by atoms with Gasteiger partial charge in [-0.1, -0.05) is 78.1 Å². The minimum absolute atomic E-state index is 0.267. The molecule has 0 aromatic rings. The second-order valence-electron chi connectivity index (χ2n) is 13.2. The number of unbranched alkanes of at least 4 members (excludes halogenated alkanes) is 10. The van der Waals surface area contributed by atoms with Gasteiger partial charge >= 0.3 is 0 Å². The molecule has 0 heterocycles. The van der Waals surface area contributed by atoms with Crippen LogP contribution in [-0.2, 0) is 18.9 Å². The molecular formula is C33H72N2O4+2. The summed E-state index contributed by atoms with van der Waals surface area (Å²) in [4.78, 5) is 0. The lowest BCUT2D eigenvalue weighted by atomic mass is 9.92. The van der Waals surface area contributed by atoms with Gasteiger partial charge in [0.05, 0.1) is 86.3 Å². The van der Waals surface area contributed by atoms with Crippen molar-refractivity contribution < 1.29 is 27.9 Å². The van der Waals surface area contributed by atoms with E-state index in [2.05, 4.69) is 55.9 Å². The predicted molar refractivity (Wildman–Crippen MR) is 167 cm³/mol. The normalized spacial score (nSPS) is 12.9. The zero-order valence-electron chi connectivity index (χ0n) is 28.0. The van der Waals surface area contributed by atoms with Crippen molar-refractivity contribution in [2.45, 2.75) is 105 Å². The van der Waals surface area contributed by atoms with E-state index in [-0.39, 0.29) is 5.41 Å². The van der Waals surface area contributed by atoms with Crippen LogP contribution in [0.4, 0.5) is 0 Å². The lowest BCUT2D eigenvalue weighted by molar-refractivity contribution is -0.889. The van der Waals surface area contributed by atoms with E-state index in [9.17, 15) is 0 Å². The maximum Gasteiger partial charge on any atom is 0.102 e. The third-order valence-electron chi connectivity index (χ3n) is 8.31. The Balaban J connectivity index is 5.05. The van der Waals surface area contributed by atoms with Crippen LogP contribution in [0, 0.1) is 5.41 Å². The average molecular weight is 561 g/mol. The van der Waals surface area contributed by atoms with E-state index < -0.39 is 0 Å². The van der Waals surface area contributed by atoms with Crippen molar-refractivity contribution in [1.82, 2.24) is 0 Å². The maximum atomic E-state index is 6.34. The molecule has 6 heteroatoms. The Hall–Kier alpha value is -0.240. The Bertz CT molecular complexity index is 482. The Morgan fingerprint density at radius 2 is 0.718 bits per heavy atom. The van der Waals surface area contributed by atoms with E-state index in [1.54, 1.807) is 0 Å². The predicted octanol–water partition coefficient (Wildman–Crippen LogP) is 6.95. The first-order valence-corrected chi connectivity index (χ1v) is 16.6. The van der Waals surface area contributed by atoms with Gasteiger partial charge in [-0.3, -0.25) is 0 Å². The third kappa shape index (κ3) is 23.1. The fourth-order valence-corrected chi connectivity index (χ4v) is 4.31. The Morgan fingerprint density at radius 1 is 0.410 bits per heavy atom. The molecule has 39 heavy (non-hydrogen) atoms.